The summed E-state index contributed by atoms with van der Waals surface area (Å²) in [6.45, 7) is 9.53. The van der Waals surface area contributed by atoms with Gasteiger partial charge in [0.2, 0.25) is 5.91 Å². The summed E-state index contributed by atoms with van der Waals surface area (Å²) >= 11 is 0. The molecule has 0 unspecified atom stereocenters. The van der Waals surface area contributed by atoms with Gasteiger partial charge in [-0.15, -0.1) is 0 Å². The molecule has 0 aromatic carbocycles. The number of amides is 1. The summed E-state index contributed by atoms with van der Waals surface area (Å²) in [5.74, 6) is 0.144. The Morgan fingerprint density at radius 3 is 2.43 bits per heavy atom. The van der Waals surface area contributed by atoms with Gasteiger partial charge in [-0.3, -0.25) is 9.69 Å². The molecule has 0 spiro atoms. The molecule has 0 heterocycles. The van der Waals surface area contributed by atoms with Gasteiger partial charge in [-0.2, -0.15) is 0 Å². The minimum Gasteiger partial charge on any atom is -0.355 e. The van der Waals surface area contributed by atoms with Crippen molar-refractivity contribution in [3.8, 4) is 0 Å². The number of nitrogens with one attached hydrogen (secondary N) is 1. The van der Waals surface area contributed by atoms with Gasteiger partial charge in [-0.25, -0.2) is 0 Å². The summed E-state index contributed by atoms with van der Waals surface area (Å²) in [6, 6.07) is 0. The molecule has 3 heteroatoms. The lowest BCUT2D eigenvalue weighted by molar-refractivity contribution is -0.122. The molecular weight excluding hydrogens is 176 g/mol. The first-order valence-corrected chi connectivity index (χ1v) is 5.73. The number of nitrogens with zero attached hydrogens (tertiary/aromatic N) is 1. The quantitative estimate of drug-likeness (QED) is 0.604. The molecule has 0 saturated carbocycles. The zero-order valence-corrected chi connectivity index (χ0v) is 9.81. The largest absolute Gasteiger partial charge is 0.355 e. The lowest BCUT2D eigenvalue weighted by atomic mass is 10.2. The van der Waals surface area contributed by atoms with Crippen LogP contribution in [0.2, 0.25) is 0 Å². The molecule has 0 aliphatic heterocycles. The molecule has 1 N–H and O–H groups in total. The standard InChI is InChI=1S/C11H24N2O/c1-4-7-8-9-13(6-3)10-11(14)12-5-2/h4-10H2,1-3H3,(H,12,14). The van der Waals surface area contributed by atoms with E-state index in [-0.39, 0.29) is 5.91 Å². The maximum Gasteiger partial charge on any atom is 0.234 e. The highest BCUT2D eigenvalue weighted by Gasteiger charge is 2.06. The summed E-state index contributed by atoms with van der Waals surface area (Å²) in [5.41, 5.74) is 0. The number of unbranched alkanes of at least 4 members (excludes halogenated alkanes) is 2. The first kappa shape index (κ1) is 13.4. The van der Waals surface area contributed by atoms with Crippen LogP contribution in [0.1, 0.15) is 40.0 Å². The number of carbonyl (C=O) groups is 1. The molecule has 0 fully saturated rings. The number of rotatable bonds is 8. The van der Waals surface area contributed by atoms with Gasteiger partial charge in [-0.05, 0) is 26.4 Å². The van der Waals surface area contributed by atoms with Gasteiger partial charge in [0.1, 0.15) is 0 Å². The van der Waals surface area contributed by atoms with E-state index >= 15 is 0 Å². The van der Waals surface area contributed by atoms with Gasteiger partial charge in [0.25, 0.3) is 0 Å². The van der Waals surface area contributed by atoms with Gasteiger partial charge in [-0.1, -0.05) is 26.7 Å². The van der Waals surface area contributed by atoms with Crippen LogP contribution in [0, 0.1) is 0 Å². The average Bonchev–Trinajstić information content (AvgIpc) is 2.17. The minimum absolute atomic E-state index is 0.144. The molecule has 3 nitrogen and oxygen atoms in total. The Morgan fingerprint density at radius 1 is 1.21 bits per heavy atom. The fourth-order valence-electron chi connectivity index (χ4n) is 1.39. The van der Waals surface area contributed by atoms with Gasteiger partial charge in [0.15, 0.2) is 0 Å². The van der Waals surface area contributed by atoms with Crippen molar-refractivity contribution in [2.24, 2.45) is 0 Å². The summed E-state index contributed by atoms with van der Waals surface area (Å²) < 4.78 is 0. The molecule has 0 aliphatic carbocycles. The van der Waals surface area contributed by atoms with E-state index in [1.807, 2.05) is 6.92 Å². The van der Waals surface area contributed by atoms with Crippen LogP contribution >= 0.6 is 0 Å². The smallest absolute Gasteiger partial charge is 0.234 e. The van der Waals surface area contributed by atoms with Crippen molar-refractivity contribution in [2.45, 2.75) is 40.0 Å². The molecule has 0 aromatic heterocycles. The summed E-state index contributed by atoms with van der Waals surface area (Å²) in [6.07, 6.45) is 3.69. The van der Waals surface area contributed by atoms with Gasteiger partial charge in [0, 0.05) is 6.54 Å². The van der Waals surface area contributed by atoms with Crippen molar-refractivity contribution in [3.63, 3.8) is 0 Å². The third-order valence-electron chi connectivity index (χ3n) is 2.27. The SMILES string of the molecule is CCCCCN(CC)CC(=O)NCC. The Hall–Kier alpha value is -0.570. The number of hydrogen-bond acceptors (Lipinski definition) is 2. The second-order valence-electron chi connectivity index (χ2n) is 3.53. The van der Waals surface area contributed by atoms with Crippen LogP contribution < -0.4 is 5.32 Å². The first-order valence-electron chi connectivity index (χ1n) is 5.73. The maximum atomic E-state index is 11.3. The molecule has 0 radical (unpaired) electrons. The highest BCUT2D eigenvalue weighted by Crippen LogP contribution is 1.97. The van der Waals surface area contributed by atoms with E-state index < -0.39 is 0 Å². The fraction of sp³-hybridized carbons (Fsp3) is 0.909. The van der Waals surface area contributed by atoms with Crippen molar-refractivity contribution in [1.29, 1.82) is 0 Å². The van der Waals surface area contributed by atoms with Crippen molar-refractivity contribution < 1.29 is 4.79 Å². The van der Waals surface area contributed by atoms with Crippen LogP contribution in [-0.2, 0) is 4.79 Å². The highest BCUT2D eigenvalue weighted by molar-refractivity contribution is 5.77. The number of likely N-dealkylation sites (N-methyl/N-ethyl adjacent to an activating group) is 2. The molecule has 14 heavy (non-hydrogen) atoms. The lowest BCUT2D eigenvalue weighted by Gasteiger charge is -2.19. The summed E-state index contributed by atoms with van der Waals surface area (Å²) in [5, 5.41) is 2.82. The topological polar surface area (TPSA) is 32.3 Å². The molecule has 0 bridgehead atoms. The Labute approximate surface area is 87.9 Å². The molecule has 84 valence electrons. The molecular formula is C11H24N2O. The maximum absolute atomic E-state index is 11.3. The Morgan fingerprint density at radius 2 is 1.93 bits per heavy atom. The van der Waals surface area contributed by atoms with E-state index in [9.17, 15) is 4.79 Å². The predicted octanol–water partition coefficient (Wildman–Crippen LogP) is 1.63. The van der Waals surface area contributed by atoms with Crippen LogP contribution in [0.5, 0.6) is 0 Å². The van der Waals surface area contributed by atoms with Crippen molar-refractivity contribution in [1.82, 2.24) is 10.2 Å². The van der Waals surface area contributed by atoms with Crippen LogP contribution in [0.3, 0.4) is 0 Å². The van der Waals surface area contributed by atoms with E-state index in [2.05, 4.69) is 24.1 Å². The van der Waals surface area contributed by atoms with E-state index in [4.69, 9.17) is 0 Å². The average molecular weight is 200 g/mol. The monoisotopic (exact) mass is 200 g/mol. The summed E-state index contributed by atoms with van der Waals surface area (Å²) in [4.78, 5) is 13.5. The van der Waals surface area contributed by atoms with Crippen molar-refractivity contribution in [2.75, 3.05) is 26.2 Å². The number of carbonyl (C=O) groups excluding carboxylic acids is 1. The summed E-state index contributed by atoms with van der Waals surface area (Å²) in [7, 11) is 0. The Bertz CT molecular complexity index is 148. The molecule has 0 aliphatic rings. The van der Waals surface area contributed by atoms with E-state index in [1.54, 1.807) is 0 Å². The van der Waals surface area contributed by atoms with Crippen molar-refractivity contribution in [3.05, 3.63) is 0 Å². The molecule has 0 atom stereocenters. The second kappa shape index (κ2) is 9.00. The first-order chi connectivity index (χ1) is 6.74. The second-order valence-corrected chi connectivity index (χ2v) is 3.53. The van der Waals surface area contributed by atoms with E-state index in [0.717, 1.165) is 19.6 Å². The fourth-order valence-corrected chi connectivity index (χ4v) is 1.39. The molecule has 0 aromatic rings. The van der Waals surface area contributed by atoms with Crippen molar-refractivity contribution >= 4 is 5.91 Å². The third-order valence-corrected chi connectivity index (χ3v) is 2.27. The van der Waals surface area contributed by atoms with Gasteiger partial charge in [0.05, 0.1) is 6.54 Å². The highest BCUT2D eigenvalue weighted by atomic mass is 16.2. The van der Waals surface area contributed by atoms with E-state index in [0.29, 0.717) is 6.54 Å². The van der Waals surface area contributed by atoms with Crippen LogP contribution in [0.25, 0.3) is 0 Å². The Kier molecular flexibility index (Phi) is 8.64. The van der Waals surface area contributed by atoms with Crippen LogP contribution in [0.4, 0.5) is 0 Å². The minimum atomic E-state index is 0.144. The number of hydrogen-bond donors (Lipinski definition) is 1. The van der Waals surface area contributed by atoms with Crippen LogP contribution in [-0.4, -0.2) is 37.0 Å². The molecule has 0 saturated heterocycles. The third kappa shape index (κ3) is 6.89. The Balaban J connectivity index is 3.61. The normalized spacial score (nSPS) is 10.6. The zero-order valence-electron chi connectivity index (χ0n) is 9.81. The van der Waals surface area contributed by atoms with E-state index in [1.165, 1.54) is 19.3 Å². The van der Waals surface area contributed by atoms with Gasteiger partial charge < -0.3 is 5.32 Å². The predicted molar refractivity (Wildman–Crippen MR) is 60.3 cm³/mol. The van der Waals surface area contributed by atoms with Crippen LogP contribution in [0.15, 0.2) is 0 Å². The molecule has 0 rings (SSSR count). The molecule has 1 amide bonds. The zero-order chi connectivity index (χ0) is 10.8. The van der Waals surface area contributed by atoms with Gasteiger partial charge >= 0.3 is 0 Å². The lowest BCUT2D eigenvalue weighted by Crippen LogP contribution is -2.37.